The Kier molecular flexibility index (Phi) is 2.02. The Morgan fingerprint density at radius 2 is 2.24 bits per heavy atom. The fraction of sp³-hybridized carbons (Fsp3) is 0.267. The minimum atomic E-state index is -0.225. The minimum absolute atomic E-state index is 0.149. The maximum absolute atomic E-state index is 12.4. The van der Waals surface area contributed by atoms with Crippen molar-refractivity contribution in [3.05, 3.63) is 59.7 Å². The smallest absolute Gasteiger partial charge is 0.255 e. The third-order valence-electron chi connectivity index (χ3n) is 3.92. The van der Waals surface area contributed by atoms with Crippen molar-refractivity contribution in [2.24, 2.45) is 0 Å². The Morgan fingerprint density at radius 1 is 1.47 bits per heavy atom. The van der Waals surface area contributed by atoms with E-state index in [1.165, 1.54) is 0 Å². The summed E-state index contributed by atoms with van der Waals surface area (Å²) in [6.07, 6.45) is 4.96. The van der Waals surface area contributed by atoms with Crippen LogP contribution in [0, 0.1) is 0 Å². The van der Waals surface area contributed by atoms with Crippen LogP contribution in [-0.2, 0) is 5.54 Å². The highest BCUT2D eigenvalue weighted by Crippen LogP contribution is 2.47. The van der Waals surface area contributed by atoms with Crippen LogP contribution in [0.3, 0.4) is 0 Å². The zero-order valence-electron chi connectivity index (χ0n) is 9.94. The Bertz CT molecular complexity index is 544. The van der Waals surface area contributed by atoms with E-state index in [0.29, 0.717) is 6.54 Å². The molecule has 0 saturated carbocycles. The fourth-order valence-electron chi connectivity index (χ4n) is 3.03. The Labute approximate surface area is 101 Å². The first-order chi connectivity index (χ1) is 8.23. The van der Waals surface area contributed by atoms with Crippen molar-refractivity contribution < 1.29 is 4.79 Å². The predicted molar refractivity (Wildman–Crippen MR) is 67.7 cm³/mol. The predicted octanol–water partition coefficient (Wildman–Crippen LogP) is 2.87. The zero-order chi connectivity index (χ0) is 12.0. The summed E-state index contributed by atoms with van der Waals surface area (Å²) in [5, 5.41) is 0. The molecule has 0 radical (unpaired) electrons. The maximum Gasteiger partial charge on any atom is 0.255 e. The lowest BCUT2D eigenvalue weighted by Crippen LogP contribution is -2.38. The van der Waals surface area contributed by atoms with Gasteiger partial charge in [-0.05, 0) is 29.7 Å². The Hall–Kier alpha value is -1.83. The molecule has 1 unspecified atom stereocenters. The van der Waals surface area contributed by atoms with Gasteiger partial charge in [-0.3, -0.25) is 4.79 Å². The molecule has 2 aliphatic rings. The largest absolute Gasteiger partial charge is 0.321 e. The van der Waals surface area contributed by atoms with Gasteiger partial charge in [-0.25, -0.2) is 0 Å². The first kappa shape index (κ1) is 10.3. The van der Waals surface area contributed by atoms with Gasteiger partial charge in [0, 0.05) is 12.1 Å². The van der Waals surface area contributed by atoms with Crippen LogP contribution in [0.25, 0.3) is 0 Å². The van der Waals surface area contributed by atoms with E-state index in [-0.39, 0.29) is 11.4 Å². The quantitative estimate of drug-likeness (QED) is 0.758. The lowest BCUT2D eigenvalue weighted by atomic mass is 9.87. The number of rotatable bonds is 2. The highest BCUT2D eigenvalue weighted by Gasteiger charge is 2.49. The second kappa shape index (κ2) is 3.33. The Morgan fingerprint density at radius 3 is 2.94 bits per heavy atom. The minimum Gasteiger partial charge on any atom is -0.321 e. The van der Waals surface area contributed by atoms with Crippen LogP contribution in [0.2, 0.25) is 0 Å². The van der Waals surface area contributed by atoms with Gasteiger partial charge in [-0.2, -0.15) is 0 Å². The van der Waals surface area contributed by atoms with Gasteiger partial charge in [0.25, 0.3) is 5.91 Å². The SMILES string of the molecule is C=CC1=CC2(CC)c3ccccc3C(=O)N2C1. The van der Waals surface area contributed by atoms with Gasteiger partial charge in [-0.15, -0.1) is 0 Å². The highest BCUT2D eigenvalue weighted by atomic mass is 16.2. The normalized spacial score (nSPS) is 25.6. The van der Waals surface area contributed by atoms with Crippen LogP contribution in [-0.4, -0.2) is 17.4 Å². The highest BCUT2D eigenvalue weighted by molar-refractivity contribution is 6.01. The second-order valence-corrected chi connectivity index (χ2v) is 4.64. The molecule has 3 rings (SSSR count). The summed E-state index contributed by atoms with van der Waals surface area (Å²) in [5.41, 5.74) is 2.92. The molecule has 0 bridgehead atoms. The molecule has 1 aromatic rings. The first-order valence-corrected chi connectivity index (χ1v) is 5.98. The van der Waals surface area contributed by atoms with E-state index in [2.05, 4.69) is 25.6 Å². The van der Waals surface area contributed by atoms with Crippen molar-refractivity contribution in [3.63, 3.8) is 0 Å². The summed E-state index contributed by atoms with van der Waals surface area (Å²) in [5.74, 6) is 0.149. The molecular weight excluding hydrogens is 210 g/mol. The van der Waals surface area contributed by atoms with Crippen molar-refractivity contribution in [3.8, 4) is 0 Å². The number of amides is 1. The number of hydrogen-bond acceptors (Lipinski definition) is 1. The summed E-state index contributed by atoms with van der Waals surface area (Å²) >= 11 is 0. The molecule has 2 heteroatoms. The van der Waals surface area contributed by atoms with Gasteiger partial charge in [0.15, 0.2) is 0 Å². The Balaban J connectivity index is 2.25. The van der Waals surface area contributed by atoms with Crippen molar-refractivity contribution in [1.29, 1.82) is 0 Å². The number of fused-ring (bicyclic) bond motifs is 3. The van der Waals surface area contributed by atoms with E-state index in [9.17, 15) is 4.79 Å². The zero-order valence-corrected chi connectivity index (χ0v) is 9.94. The number of nitrogens with zero attached hydrogens (tertiary/aromatic N) is 1. The van der Waals surface area contributed by atoms with Gasteiger partial charge < -0.3 is 4.90 Å². The van der Waals surface area contributed by atoms with Crippen LogP contribution < -0.4 is 0 Å². The maximum atomic E-state index is 12.4. The second-order valence-electron chi connectivity index (χ2n) is 4.64. The summed E-state index contributed by atoms with van der Waals surface area (Å²) in [6, 6.07) is 7.93. The molecule has 0 aliphatic carbocycles. The van der Waals surface area contributed by atoms with Gasteiger partial charge in [-0.1, -0.05) is 37.8 Å². The third-order valence-corrected chi connectivity index (χ3v) is 3.92. The molecule has 1 aromatic carbocycles. The van der Waals surface area contributed by atoms with Gasteiger partial charge in [0.05, 0.1) is 5.54 Å². The summed E-state index contributed by atoms with van der Waals surface area (Å²) in [7, 11) is 0. The molecule has 17 heavy (non-hydrogen) atoms. The van der Waals surface area contributed by atoms with E-state index in [4.69, 9.17) is 0 Å². The summed E-state index contributed by atoms with van der Waals surface area (Å²) < 4.78 is 0. The van der Waals surface area contributed by atoms with Crippen LogP contribution in [0.4, 0.5) is 0 Å². The van der Waals surface area contributed by atoms with Gasteiger partial charge >= 0.3 is 0 Å². The van der Waals surface area contributed by atoms with Crippen molar-refractivity contribution in [1.82, 2.24) is 4.90 Å². The molecule has 0 fully saturated rings. The molecular formula is C15H15NO. The van der Waals surface area contributed by atoms with Crippen molar-refractivity contribution in [2.45, 2.75) is 18.9 Å². The molecule has 0 spiro atoms. The fourth-order valence-corrected chi connectivity index (χ4v) is 3.03. The van der Waals surface area contributed by atoms with Crippen LogP contribution in [0.15, 0.2) is 48.6 Å². The average molecular weight is 225 g/mol. The third kappa shape index (κ3) is 1.13. The van der Waals surface area contributed by atoms with E-state index in [0.717, 1.165) is 23.1 Å². The average Bonchev–Trinajstić information content (AvgIpc) is 2.86. The first-order valence-electron chi connectivity index (χ1n) is 5.98. The molecule has 0 saturated heterocycles. The van der Waals surface area contributed by atoms with Crippen LogP contribution in [0.5, 0.6) is 0 Å². The van der Waals surface area contributed by atoms with E-state index in [1.807, 2.05) is 29.2 Å². The summed E-state index contributed by atoms with van der Waals surface area (Å²) in [4.78, 5) is 14.3. The molecule has 1 atom stereocenters. The molecule has 0 N–H and O–H groups in total. The topological polar surface area (TPSA) is 20.3 Å². The van der Waals surface area contributed by atoms with Crippen LogP contribution in [0.1, 0.15) is 29.3 Å². The lowest BCUT2D eigenvalue weighted by Gasteiger charge is -2.30. The van der Waals surface area contributed by atoms with E-state index >= 15 is 0 Å². The molecule has 0 aromatic heterocycles. The van der Waals surface area contributed by atoms with Crippen molar-refractivity contribution >= 4 is 5.91 Å². The van der Waals surface area contributed by atoms with E-state index < -0.39 is 0 Å². The number of carbonyl (C=O) groups is 1. The molecule has 1 amide bonds. The number of benzene rings is 1. The van der Waals surface area contributed by atoms with Crippen molar-refractivity contribution in [2.75, 3.05) is 6.54 Å². The molecule has 2 aliphatic heterocycles. The number of hydrogen-bond donors (Lipinski definition) is 0. The van der Waals surface area contributed by atoms with Crippen LogP contribution >= 0.6 is 0 Å². The van der Waals surface area contributed by atoms with Gasteiger partial charge in [0.2, 0.25) is 0 Å². The monoisotopic (exact) mass is 225 g/mol. The van der Waals surface area contributed by atoms with E-state index in [1.54, 1.807) is 0 Å². The summed E-state index contributed by atoms with van der Waals surface area (Å²) in [6.45, 7) is 6.63. The van der Waals surface area contributed by atoms with Gasteiger partial charge in [0.1, 0.15) is 0 Å². The number of carbonyl (C=O) groups excluding carboxylic acids is 1. The molecule has 2 heterocycles. The molecule has 2 nitrogen and oxygen atoms in total. The standard InChI is InChI=1S/C15H15NO/c1-3-11-9-15(4-2)13-8-6-5-7-12(13)14(17)16(15)10-11/h3,5-9H,1,4,10H2,2H3. The lowest BCUT2D eigenvalue weighted by molar-refractivity contribution is 0.0687. The molecule has 86 valence electrons.